The molecule has 0 rings (SSSR count). The molecule has 0 aliphatic carbocycles. The van der Waals surface area contributed by atoms with Crippen LogP contribution in [0.15, 0.2) is 0 Å². The number of unbranched alkanes of at least 4 members (excludes halogenated alkanes) is 6. The second-order valence-corrected chi connectivity index (χ2v) is 11.7. The maximum absolute atomic E-state index is 12.7. The minimum absolute atomic E-state index is 0. The van der Waals surface area contributed by atoms with E-state index in [1.54, 1.807) is 0 Å². The first-order valence-corrected chi connectivity index (χ1v) is 12.6. The molecule has 2 unspecified atom stereocenters. The first kappa shape index (κ1) is 34.7. The standard InChI is InChI=1S/C27H52O4.K.H/c1-11-13-15-17-19-26(9,24(3,4)5)30-22(28)21-23(29)31-27(10,25(6,7)8)20-18-16-14-12-2;;/h11-21H2,1-10H3;;. The van der Waals surface area contributed by atoms with Gasteiger partial charge in [-0.2, -0.15) is 0 Å². The second-order valence-electron chi connectivity index (χ2n) is 11.7. The summed E-state index contributed by atoms with van der Waals surface area (Å²) in [6.07, 6.45) is 10.3. The second kappa shape index (κ2) is 15.5. The van der Waals surface area contributed by atoms with E-state index in [1.165, 1.54) is 25.7 Å². The van der Waals surface area contributed by atoms with Gasteiger partial charge in [0.1, 0.15) is 17.6 Å². The van der Waals surface area contributed by atoms with Gasteiger partial charge in [0.25, 0.3) is 0 Å². The van der Waals surface area contributed by atoms with Crippen molar-refractivity contribution in [1.29, 1.82) is 0 Å². The molecule has 5 heteroatoms. The van der Waals surface area contributed by atoms with Gasteiger partial charge in [-0.05, 0) is 39.5 Å². The van der Waals surface area contributed by atoms with E-state index in [0.29, 0.717) is 0 Å². The Labute approximate surface area is 242 Å². The summed E-state index contributed by atoms with van der Waals surface area (Å²) in [5.41, 5.74) is -1.63. The van der Waals surface area contributed by atoms with Gasteiger partial charge in [-0.25, -0.2) is 0 Å². The first-order chi connectivity index (χ1) is 14.1. The quantitative estimate of drug-likeness (QED) is 0.113. The zero-order chi connectivity index (χ0) is 24.3. The van der Waals surface area contributed by atoms with Gasteiger partial charge in [0, 0.05) is 10.8 Å². The van der Waals surface area contributed by atoms with Gasteiger partial charge in [0.05, 0.1) is 0 Å². The van der Waals surface area contributed by atoms with E-state index >= 15 is 0 Å². The predicted molar refractivity (Wildman–Crippen MR) is 137 cm³/mol. The third-order valence-electron chi connectivity index (χ3n) is 7.15. The predicted octanol–water partition coefficient (Wildman–Crippen LogP) is 7.36. The molecule has 0 heterocycles. The Morgan fingerprint density at radius 2 is 0.875 bits per heavy atom. The zero-order valence-electron chi connectivity index (χ0n) is 22.4. The third kappa shape index (κ3) is 12.3. The molecule has 0 radical (unpaired) electrons. The van der Waals surface area contributed by atoms with E-state index in [9.17, 15) is 9.59 Å². The van der Waals surface area contributed by atoms with Gasteiger partial charge in [-0.15, -0.1) is 0 Å². The molecule has 2 atom stereocenters. The van der Waals surface area contributed by atoms with Crippen LogP contribution in [0.3, 0.4) is 0 Å². The average Bonchev–Trinajstić information content (AvgIpc) is 2.60. The molecule has 4 nitrogen and oxygen atoms in total. The van der Waals surface area contributed by atoms with Crippen LogP contribution in [-0.4, -0.2) is 74.5 Å². The Balaban J connectivity index is 0. The molecule has 0 N–H and O–H groups in total. The number of hydrogen-bond donors (Lipinski definition) is 0. The van der Waals surface area contributed by atoms with Crippen molar-refractivity contribution in [3.8, 4) is 0 Å². The summed E-state index contributed by atoms with van der Waals surface area (Å²) in [6.45, 7) is 20.9. The van der Waals surface area contributed by atoms with E-state index in [4.69, 9.17) is 9.47 Å². The molecule has 0 aromatic carbocycles. The van der Waals surface area contributed by atoms with Crippen LogP contribution < -0.4 is 0 Å². The molecule has 0 aromatic rings. The Morgan fingerprint density at radius 3 is 1.12 bits per heavy atom. The molecule has 0 aromatic heterocycles. The normalized spacial score (nSPS) is 15.8. The summed E-state index contributed by atoms with van der Waals surface area (Å²) in [4.78, 5) is 25.4. The van der Waals surface area contributed by atoms with E-state index in [-0.39, 0.29) is 68.6 Å². The molecule has 186 valence electrons. The molecule has 0 saturated carbocycles. The van der Waals surface area contributed by atoms with Crippen molar-refractivity contribution in [2.75, 3.05) is 0 Å². The molecule has 0 spiro atoms. The fourth-order valence-electron chi connectivity index (χ4n) is 3.63. The van der Waals surface area contributed by atoms with Crippen molar-refractivity contribution >= 4 is 63.3 Å². The Morgan fingerprint density at radius 1 is 0.562 bits per heavy atom. The van der Waals surface area contributed by atoms with Gasteiger partial charge >= 0.3 is 63.3 Å². The summed E-state index contributed by atoms with van der Waals surface area (Å²) >= 11 is 0. The summed E-state index contributed by atoms with van der Waals surface area (Å²) in [5, 5.41) is 0. The van der Waals surface area contributed by atoms with Gasteiger partial charge in [-0.3, -0.25) is 9.59 Å². The molecule has 0 fully saturated rings. The molecular weight excluding hydrogens is 427 g/mol. The van der Waals surface area contributed by atoms with Crippen molar-refractivity contribution in [1.82, 2.24) is 0 Å². The average molecular weight is 481 g/mol. The zero-order valence-corrected chi connectivity index (χ0v) is 22.4. The van der Waals surface area contributed by atoms with Crippen LogP contribution in [0.2, 0.25) is 0 Å². The van der Waals surface area contributed by atoms with Crippen molar-refractivity contribution in [3.05, 3.63) is 0 Å². The number of esters is 2. The summed E-state index contributed by atoms with van der Waals surface area (Å²) in [7, 11) is 0. The summed E-state index contributed by atoms with van der Waals surface area (Å²) in [5.74, 6) is -0.972. The molecule has 0 amide bonds. The van der Waals surface area contributed by atoms with Gasteiger partial charge < -0.3 is 9.47 Å². The van der Waals surface area contributed by atoms with Crippen LogP contribution in [0.25, 0.3) is 0 Å². The molecule has 0 aliphatic rings. The van der Waals surface area contributed by atoms with Crippen LogP contribution in [0.1, 0.15) is 140 Å². The van der Waals surface area contributed by atoms with E-state index in [0.717, 1.165) is 38.5 Å². The van der Waals surface area contributed by atoms with Gasteiger partial charge in [0.2, 0.25) is 0 Å². The first-order valence-electron chi connectivity index (χ1n) is 12.6. The van der Waals surface area contributed by atoms with Crippen molar-refractivity contribution in [2.45, 2.75) is 151 Å². The Bertz CT molecular complexity index is 499. The molecular formula is C27H53KO4. The SMILES string of the molecule is CCCCCCC(C)(OC(=O)CC(=O)OC(C)(CCCCCC)C(C)(C)C)C(C)(C)C.[KH]. The molecule has 0 aliphatic heterocycles. The maximum atomic E-state index is 12.7. The minimum atomic E-state index is -0.606. The number of ether oxygens (including phenoxy) is 2. The monoisotopic (exact) mass is 480 g/mol. The fourth-order valence-corrected chi connectivity index (χ4v) is 3.63. The van der Waals surface area contributed by atoms with Gasteiger partial charge in [0.15, 0.2) is 0 Å². The van der Waals surface area contributed by atoms with Crippen LogP contribution in [0.5, 0.6) is 0 Å². The van der Waals surface area contributed by atoms with Crippen LogP contribution >= 0.6 is 0 Å². The van der Waals surface area contributed by atoms with Crippen molar-refractivity contribution < 1.29 is 19.1 Å². The Hall–Kier alpha value is 0.576. The fraction of sp³-hybridized carbons (Fsp3) is 0.926. The number of carbonyl (C=O) groups is 2. The summed E-state index contributed by atoms with van der Waals surface area (Å²) < 4.78 is 11.9. The number of rotatable bonds is 14. The third-order valence-corrected chi connectivity index (χ3v) is 7.15. The summed E-state index contributed by atoms with van der Waals surface area (Å²) in [6, 6.07) is 0. The van der Waals surface area contributed by atoms with Crippen LogP contribution in [0.4, 0.5) is 0 Å². The van der Waals surface area contributed by atoms with Crippen molar-refractivity contribution in [2.24, 2.45) is 10.8 Å². The van der Waals surface area contributed by atoms with Crippen molar-refractivity contribution in [3.63, 3.8) is 0 Å². The molecule has 0 bridgehead atoms. The van der Waals surface area contributed by atoms with Crippen LogP contribution in [-0.2, 0) is 19.1 Å². The topological polar surface area (TPSA) is 52.6 Å². The number of hydrogen-bond acceptors (Lipinski definition) is 4. The van der Waals surface area contributed by atoms with Gasteiger partial charge in [-0.1, -0.05) is 93.9 Å². The molecule has 0 saturated heterocycles. The van der Waals surface area contributed by atoms with E-state index in [2.05, 4.69) is 55.4 Å². The van der Waals surface area contributed by atoms with E-state index < -0.39 is 23.1 Å². The Kier molecular flexibility index (Phi) is 16.9. The molecule has 32 heavy (non-hydrogen) atoms. The van der Waals surface area contributed by atoms with Crippen LogP contribution in [0, 0.1) is 10.8 Å². The number of carbonyl (C=O) groups excluding carboxylic acids is 2. The van der Waals surface area contributed by atoms with E-state index in [1.807, 2.05) is 13.8 Å².